The highest BCUT2D eigenvalue weighted by molar-refractivity contribution is 5.11. The van der Waals surface area contributed by atoms with Crippen molar-refractivity contribution in [2.45, 2.75) is 25.4 Å². The molecule has 60 valence electrons. The Morgan fingerprint density at radius 1 is 1.36 bits per heavy atom. The first-order valence-electron chi connectivity index (χ1n) is 4.40. The van der Waals surface area contributed by atoms with Crippen molar-refractivity contribution in [2.75, 3.05) is 6.61 Å². The third-order valence-corrected chi connectivity index (χ3v) is 2.43. The Hall–Kier alpha value is -0.560. The van der Waals surface area contributed by atoms with Crippen LogP contribution in [0.1, 0.15) is 19.3 Å². The molecule has 0 radical (unpaired) electrons. The Kier molecular flexibility index (Phi) is 2.08. The molecule has 11 heavy (non-hydrogen) atoms. The molecule has 1 fully saturated rings. The molecule has 1 aliphatic heterocycles. The lowest BCUT2D eigenvalue weighted by Gasteiger charge is -2.29. The Labute approximate surface area is 67.7 Å². The average Bonchev–Trinajstić information content (AvgIpc) is 1.99. The molecular formula is C10H14O. The summed E-state index contributed by atoms with van der Waals surface area (Å²) in [5, 5.41) is 0. The normalized spacial score (nSPS) is 35.3. The summed E-state index contributed by atoms with van der Waals surface area (Å²) >= 11 is 0. The second-order valence-electron chi connectivity index (χ2n) is 3.33. The Bertz CT molecular complexity index is 177. The van der Waals surface area contributed by atoms with Crippen LogP contribution in [0.3, 0.4) is 0 Å². The second kappa shape index (κ2) is 3.22. The molecule has 0 bridgehead atoms. The monoisotopic (exact) mass is 150 g/mol. The van der Waals surface area contributed by atoms with E-state index in [1.165, 1.54) is 19.3 Å². The van der Waals surface area contributed by atoms with E-state index in [9.17, 15) is 0 Å². The summed E-state index contributed by atoms with van der Waals surface area (Å²) in [5.74, 6) is 0.741. The molecule has 1 unspecified atom stereocenters. The zero-order valence-corrected chi connectivity index (χ0v) is 6.70. The number of hydrogen-bond acceptors (Lipinski definition) is 1. The first-order chi connectivity index (χ1) is 5.45. The van der Waals surface area contributed by atoms with Gasteiger partial charge in [-0.15, -0.1) is 0 Å². The molecule has 1 aliphatic carbocycles. The van der Waals surface area contributed by atoms with Gasteiger partial charge in [0.15, 0.2) is 0 Å². The summed E-state index contributed by atoms with van der Waals surface area (Å²) in [6.07, 6.45) is 13.1. The maximum atomic E-state index is 5.38. The van der Waals surface area contributed by atoms with E-state index in [1.807, 2.05) is 0 Å². The first-order valence-corrected chi connectivity index (χ1v) is 4.40. The summed E-state index contributed by atoms with van der Waals surface area (Å²) in [6, 6.07) is 0. The van der Waals surface area contributed by atoms with Gasteiger partial charge in [-0.05, 0) is 25.2 Å². The molecule has 1 saturated heterocycles. The van der Waals surface area contributed by atoms with Crippen LogP contribution < -0.4 is 0 Å². The first kappa shape index (κ1) is 7.11. The molecule has 2 atom stereocenters. The standard InChI is InChI=1S/C10H14O/c1-2-4-9(5-3-1)8-10-6-7-11-10/h1-4,9-10H,5-8H2/t9?,10-/m1/s1. The topological polar surface area (TPSA) is 9.23 Å². The van der Waals surface area contributed by atoms with Gasteiger partial charge in [0.25, 0.3) is 0 Å². The predicted molar refractivity (Wildman–Crippen MR) is 45.4 cm³/mol. The lowest BCUT2D eigenvalue weighted by atomic mass is 9.92. The van der Waals surface area contributed by atoms with Crippen LogP contribution in [-0.2, 0) is 4.74 Å². The highest BCUT2D eigenvalue weighted by atomic mass is 16.5. The summed E-state index contributed by atoms with van der Waals surface area (Å²) in [5.41, 5.74) is 0. The van der Waals surface area contributed by atoms with E-state index in [4.69, 9.17) is 4.74 Å². The summed E-state index contributed by atoms with van der Waals surface area (Å²) in [6.45, 7) is 0.983. The van der Waals surface area contributed by atoms with Gasteiger partial charge in [0.05, 0.1) is 6.10 Å². The highest BCUT2D eigenvalue weighted by Crippen LogP contribution is 2.24. The lowest BCUT2D eigenvalue weighted by Crippen LogP contribution is -2.28. The smallest absolute Gasteiger partial charge is 0.0602 e. The Morgan fingerprint density at radius 2 is 2.27 bits per heavy atom. The highest BCUT2D eigenvalue weighted by Gasteiger charge is 2.21. The minimum Gasteiger partial charge on any atom is -0.378 e. The van der Waals surface area contributed by atoms with Gasteiger partial charge >= 0.3 is 0 Å². The maximum absolute atomic E-state index is 5.38. The van der Waals surface area contributed by atoms with Gasteiger partial charge in [0, 0.05) is 6.61 Å². The minimum atomic E-state index is 0.566. The molecule has 2 aliphatic rings. The van der Waals surface area contributed by atoms with Gasteiger partial charge in [-0.3, -0.25) is 0 Å². The van der Waals surface area contributed by atoms with Crippen molar-refractivity contribution in [1.29, 1.82) is 0 Å². The van der Waals surface area contributed by atoms with Gasteiger partial charge in [0.1, 0.15) is 0 Å². The van der Waals surface area contributed by atoms with Crippen LogP contribution in [0.4, 0.5) is 0 Å². The SMILES string of the molecule is C1=CCC(C[C@H]2CCO2)C=C1. The van der Waals surface area contributed by atoms with Crippen LogP contribution in [0.25, 0.3) is 0 Å². The molecule has 1 heteroatoms. The summed E-state index contributed by atoms with van der Waals surface area (Å²) in [4.78, 5) is 0. The van der Waals surface area contributed by atoms with Crippen molar-refractivity contribution in [2.24, 2.45) is 5.92 Å². The van der Waals surface area contributed by atoms with Crippen molar-refractivity contribution in [3.63, 3.8) is 0 Å². The minimum absolute atomic E-state index is 0.566. The zero-order valence-electron chi connectivity index (χ0n) is 6.70. The Morgan fingerprint density at radius 3 is 2.82 bits per heavy atom. The van der Waals surface area contributed by atoms with Crippen molar-refractivity contribution >= 4 is 0 Å². The molecule has 0 aromatic rings. The largest absolute Gasteiger partial charge is 0.378 e. The molecular weight excluding hydrogens is 136 g/mol. The van der Waals surface area contributed by atoms with Crippen LogP contribution in [0, 0.1) is 5.92 Å². The Balaban J connectivity index is 1.77. The second-order valence-corrected chi connectivity index (χ2v) is 3.33. The van der Waals surface area contributed by atoms with Gasteiger partial charge < -0.3 is 4.74 Å². The lowest BCUT2D eigenvalue weighted by molar-refractivity contribution is -0.0598. The summed E-state index contributed by atoms with van der Waals surface area (Å²) in [7, 11) is 0. The van der Waals surface area contributed by atoms with E-state index < -0.39 is 0 Å². The quantitative estimate of drug-likeness (QED) is 0.587. The third kappa shape index (κ3) is 1.72. The third-order valence-electron chi connectivity index (χ3n) is 2.43. The number of rotatable bonds is 2. The van der Waals surface area contributed by atoms with E-state index >= 15 is 0 Å². The van der Waals surface area contributed by atoms with E-state index in [0.29, 0.717) is 6.10 Å². The fraction of sp³-hybridized carbons (Fsp3) is 0.600. The molecule has 0 saturated carbocycles. The molecule has 1 heterocycles. The predicted octanol–water partition coefficient (Wildman–Crippen LogP) is 2.30. The summed E-state index contributed by atoms with van der Waals surface area (Å²) < 4.78 is 5.38. The van der Waals surface area contributed by atoms with E-state index in [-0.39, 0.29) is 0 Å². The van der Waals surface area contributed by atoms with Gasteiger partial charge in [-0.2, -0.15) is 0 Å². The van der Waals surface area contributed by atoms with Crippen molar-refractivity contribution in [1.82, 2.24) is 0 Å². The molecule has 0 aromatic heterocycles. The molecule has 0 spiro atoms. The number of ether oxygens (including phenoxy) is 1. The fourth-order valence-electron chi connectivity index (χ4n) is 1.61. The number of hydrogen-bond donors (Lipinski definition) is 0. The van der Waals surface area contributed by atoms with Crippen LogP contribution in [0.5, 0.6) is 0 Å². The molecule has 0 aromatic carbocycles. The van der Waals surface area contributed by atoms with E-state index in [2.05, 4.69) is 24.3 Å². The van der Waals surface area contributed by atoms with Crippen LogP contribution in [0.2, 0.25) is 0 Å². The van der Waals surface area contributed by atoms with Crippen LogP contribution in [0.15, 0.2) is 24.3 Å². The van der Waals surface area contributed by atoms with Crippen LogP contribution >= 0.6 is 0 Å². The maximum Gasteiger partial charge on any atom is 0.0602 e. The van der Waals surface area contributed by atoms with Crippen molar-refractivity contribution < 1.29 is 4.74 Å². The molecule has 2 rings (SSSR count). The average molecular weight is 150 g/mol. The molecule has 1 nitrogen and oxygen atoms in total. The molecule has 0 N–H and O–H groups in total. The number of allylic oxidation sites excluding steroid dienone is 4. The van der Waals surface area contributed by atoms with Crippen LogP contribution in [-0.4, -0.2) is 12.7 Å². The van der Waals surface area contributed by atoms with Gasteiger partial charge in [-0.25, -0.2) is 0 Å². The zero-order chi connectivity index (χ0) is 7.52. The molecule has 0 amide bonds. The van der Waals surface area contributed by atoms with Gasteiger partial charge in [-0.1, -0.05) is 24.3 Å². The van der Waals surface area contributed by atoms with E-state index in [0.717, 1.165) is 12.5 Å². The van der Waals surface area contributed by atoms with E-state index in [1.54, 1.807) is 0 Å². The van der Waals surface area contributed by atoms with Crippen molar-refractivity contribution in [3.8, 4) is 0 Å². The fourth-order valence-corrected chi connectivity index (χ4v) is 1.61. The van der Waals surface area contributed by atoms with Gasteiger partial charge in [0.2, 0.25) is 0 Å². The van der Waals surface area contributed by atoms with Crippen molar-refractivity contribution in [3.05, 3.63) is 24.3 Å².